The topological polar surface area (TPSA) is 50.9 Å². The van der Waals surface area contributed by atoms with Crippen LogP contribution < -0.4 is 0 Å². The Labute approximate surface area is 120 Å². The Morgan fingerprint density at radius 1 is 1.25 bits per heavy atom. The molecule has 4 nitrogen and oxygen atoms in total. The smallest absolute Gasteiger partial charge is 0.160 e. The van der Waals surface area contributed by atoms with E-state index in [0.717, 1.165) is 35.4 Å². The zero-order valence-corrected chi connectivity index (χ0v) is 11.4. The van der Waals surface area contributed by atoms with Crippen LogP contribution in [-0.4, -0.2) is 19.6 Å². The Kier molecular flexibility index (Phi) is 2.47. The number of aromatic nitrogens is 3. The summed E-state index contributed by atoms with van der Waals surface area (Å²) in [7, 11) is 0. The first-order valence-electron chi connectivity index (χ1n) is 6.56. The molecule has 0 bridgehead atoms. The number of phenolic OH excluding ortho intramolecular Hbond substituents is 1. The monoisotopic (exact) mass is 285 g/mol. The van der Waals surface area contributed by atoms with Crippen LogP contribution in [-0.2, 0) is 0 Å². The Balaban J connectivity index is 2.03. The van der Waals surface area contributed by atoms with Crippen molar-refractivity contribution in [3.05, 3.63) is 41.6 Å². The van der Waals surface area contributed by atoms with Crippen molar-refractivity contribution in [3.63, 3.8) is 0 Å². The first-order valence-corrected chi connectivity index (χ1v) is 6.93. The molecule has 1 N–H and O–H groups in total. The Bertz CT molecular complexity index is 808. The molecule has 0 saturated heterocycles. The van der Waals surface area contributed by atoms with Crippen molar-refractivity contribution in [3.8, 4) is 17.1 Å². The number of hydrogen-bond donors (Lipinski definition) is 1. The van der Waals surface area contributed by atoms with Gasteiger partial charge in [-0.3, -0.25) is 0 Å². The second kappa shape index (κ2) is 4.21. The van der Waals surface area contributed by atoms with Crippen molar-refractivity contribution < 1.29 is 5.11 Å². The summed E-state index contributed by atoms with van der Waals surface area (Å²) in [6.07, 6.45) is 4.04. The third kappa shape index (κ3) is 1.76. The number of nitrogens with zero attached hydrogens (tertiary/aromatic N) is 3. The summed E-state index contributed by atoms with van der Waals surface area (Å²) in [5, 5.41) is 10.3. The van der Waals surface area contributed by atoms with Crippen molar-refractivity contribution in [2.45, 2.75) is 18.9 Å². The number of halogens is 1. The Hall–Kier alpha value is -2.07. The number of fused-ring (bicyclic) bond motifs is 1. The molecule has 2 heterocycles. The highest BCUT2D eigenvalue weighted by atomic mass is 35.5. The lowest BCUT2D eigenvalue weighted by Gasteiger charge is -2.08. The molecular formula is C15H12ClN3O. The molecule has 100 valence electrons. The molecular weight excluding hydrogens is 274 g/mol. The van der Waals surface area contributed by atoms with E-state index < -0.39 is 0 Å². The predicted molar refractivity (Wildman–Crippen MR) is 77.9 cm³/mol. The first kappa shape index (κ1) is 11.7. The molecule has 2 aromatic heterocycles. The second-order valence-electron chi connectivity index (χ2n) is 5.05. The van der Waals surface area contributed by atoms with Crippen molar-refractivity contribution in [1.29, 1.82) is 0 Å². The molecule has 1 saturated carbocycles. The van der Waals surface area contributed by atoms with Crippen molar-refractivity contribution >= 4 is 22.8 Å². The van der Waals surface area contributed by atoms with Crippen LogP contribution in [0.3, 0.4) is 0 Å². The highest BCUT2D eigenvalue weighted by Gasteiger charge is 2.29. The lowest BCUT2D eigenvalue weighted by Crippen LogP contribution is -1.98. The number of rotatable bonds is 2. The molecule has 1 aliphatic carbocycles. The SMILES string of the molecule is Oc1ccc(Cl)c(-c2nc3cccnc3n2C2CC2)c1. The normalized spacial score (nSPS) is 14.8. The largest absolute Gasteiger partial charge is 0.508 e. The number of hydrogen-bond acceptors (Lipinski definition) is 3. The van der Waals surface area contributed by atoms with Crippen molar-refractivity contribution in [2.24, 2.45) is 0 Å². The van der Waals surface area contributed by atoms with Crippen LogP contribution in [0.4, 0.5) is 0 Å². The van der Waals surface area contributed by atoms with Crippen LogP contribution in [0, 0.1) is 0 Å². The van der Waals surface area contributed by atoms with Gasteiger partial charge in [-0.05, 0) is 43.2 Å². The zero-order valence-electron chi connectivity index (χ0n) is 10.6. The van der Waals surface area contributed by atoms with Crippen LogP contribution in [0.2, 0.25) is 5.02 Å². The van der Waals surface area contributed by atoms with Crippen LogP contribution in [0.25, 0.3) is 22.6 Å². The van der Waals surface area contributed by atoms with Gasteiger partial charge in [0.15, 0.2) is 5.65 Å². The minimum absolute atomic E-state index is 0.187. The van der Waals surface area contributed by atoms with E-state index in [1.807, 2.05) is 12.1 Å². The predicted octanol–water partition coefficient (Wildman–Crippen LogP) is 3.79. The molecule has 0 amide bonds. The highest BCUT2D eigenvalue weighted by Crippen LogP contribution is 2.42. The van der Waals surface area contributed by atoms with E-state index in [-0.39, 0.29) is 5.75 Å². The van der Waals surface area contributed by atoms with Gasteiger partial charge in [-0.15, -0.1) is 0 Å². The molecule has 1 aromatic carbocycles. The zero-order chi connectivity index (χ0) is 13.7. The highest BCUT2D eigenvalue weighted by molar-refractivity contribution is 6.33. The van der Waals surface area contributed by atoms with E-state index >= 15 is 0 Å². The van der Waals surface area contributed by atoms with Gasteiger partial charge in [-0.2, -0.15) is 0 Å². The van der Waals surface area contributed by atoms with Gasteiger partial charge < -0.3 is 9.67 Å². The van der Waals surface area contributed by atoms with E-state index in [0.29, 0.717) is 11.1 Å². The summed E-state index contributed by atoms with van der Waals surface area (Å²) in [6, 6.07) is 9.18. The van der Waals surface area contributed by atoms with Crippen LogP contribution in [0.5, 0.6) is 5.75 Å². The van der Waals surface area contributed by atoms with E-state index in [4.69, 9.17) is 11.6 Å². The standard InChI is InChI=1S/C15H12ClN3O/c16-12-6-5-10(20)8-11(12)14-18-13-2-1-7-17-15(13)19(14)9-3-4-9/h1-2,5-9,20H,3-4H2. The average molecular weight is 286 g/mol. The molecule has 3 aromatic rings. The summed E-state index contributed by atoms with van der Waals surface area (Å²) in [5.74, 6) is 0.967. The van der Waals surface area contributed by atoms with Crippen LogP contribution in [0.1, 0.15) is 18.9 Å². The molecule has 20 heavy (non-hydrogen) atoms. The van der Waals surface area contributed by atoms with Gasteiger partial charge in [0.25, 0.3) is 0 Å². The molecule has 0 spiro atoms. The first-order chi connectivity index (χ1) is 9.74. The van der Waals surface area contributed by atoms with Crippen molar-refractivity contribution in [2.75, 3.05) is 0 Å². The summed E-state index contributed by atoms with van der Waals surface area (Å²) in [4.78, 5) is 9.09. The van der Waals surface area contributed by atoms with Gasteiger partial charge >= 0.3 is 0 Å². The number of benzene rings is 1. The van der Waals surface area contributed by atoms with Gasteiger partial charge in [0.2, 0.25) is 0 Å². The van der Waals surface area contributed by atoms with E-state index in [9.17, 15) is 5.11 Å². The van der Waals surface area contributed by atoms with E-state index in [1.165, 1.54) is 0 Å². The summed E-state index contributed by atoms with van der Waals surface area (Å²) in [5.41, 5.74) is 2.48. The minimum atomic E-state index is 0.187. The molecule has 0 radical (unpaired) electrons. The molecule has 1 aliphatic rings. The third-order valence-electron chi connectivity index (χ3n) is 3.55. The molecule has 0 unspecified atom stereocenters. The Morgan fingerprint density at radius 3 is 2.90 bits per heavy atom. The van der Waals surface area contributed by atoms with Gasteiger partial charge in [0.1, 0.15) is 17.1 Å². The summed E-state index contributed by atoms with van der Waals surface area (Å²) < 4.78 is 2.13. The van der Waals surface area contributed by atoms with E-state index in [2.05, 4.69) is 14.5 Å². The maximum absolute atomic E-state index is 9.71. The molecule has 0 atom stereocenters. The lowest BCUT2D eigenvalue weighted by molar-refractivity contribution is 0.475. The van der Waals surface area contributed by atoms with E-state index in [1.54, 1.807) is 24.4 Å². The van der Waals surface area contributed by atoms with Gasteiger partial charge in [0.05, 0.1) is 5.02 Å². The number of imidazole rings is 1. The van der Waals surface area contributed by atoms with Crippen LogP contribution in [0.15, 0.2) is 36.5 Å². The summed E-state index contributed by atoms with van der Waals surface area (Å²) >= 11 is 6.27. The number of phenols is 1. The second-order valence-corrected chi connectivity index (χ2v) is 5.45. The number of aromatic hydroxyl groups is 1. The maximum atomic E-state index is 9.71. The van der Waals surface area contributed by atoms with Gasteiger partial charge in [-0.25, -0.2) is 9.97 Å². The fraction of sp³-hybridized carbons (Fsp3) is 0.200. The quantitative estimate of drug-likeness (QED) is 0.779. The van der Waals surface area contributed by atoms with Crippen molar-refractivity contribution in [1.82, 2.24) is 14.5 Å². The minimum Gasteiger partial charge on any atom is -0.508 e. The fourth-order valence-corrected chi connectivity index (χ4v) is 2.68. The molecule has 1 fully saturated rings. The van der Waals surface area contributed by atoms with Crippen LogP contribution >= 0.6 is 11.6 Å². The van der Waals surface area contributed by atoms with Gasteiger partial charge in [0, 0.05) is 17.8 Å². The molecule has 4 rings (SSSR count). The Morgan fingerprint density at radius 2 is 2.10 bits per heavy atom. The maximum Gasteiger partial charge on any atom is 0.160 e. The average Bonchev–Trinajstić information content (AvgIpc) is 3.21. The molecule has 0 aliphatic heterocycles. The molecule has 5 heteroatoms. The lowest BCUT2D eigenvalue weighted by atomic mass is 10.2. The number of pyridine rings is 1. The fourth-order valence-electron chi connectivity index (χ4n) is 2.48. The third-order valence-corrected chi connectivity index (χ3v) is 3.88. The summed E-state index contributed by atoms with van der Waals surface area (Å²) in [6.45, 7) is 0. The van der Waals surface area contributed by atoms with Gasteiger partial charge in [-0.1, -0.05) is 11.6 Å².